The van der Waals surface area contributed by atoms with Crippen LogP contribution in [0.25, 0.3) is 0 Å². The molecular formula is C38H100O2Si12. The van der Waals surface area contributed by atoms with Crippen molar-refractivity contribution in [3.05, 3.63) is 0 Å². The van der Waals surface area contributed by atoms with Crippen LogP contribution in [0.1, 0.15) is 41.5 Å². The van der Waals surface area contributed by atoms with Crippen molar-refractivity contribution in [1.29, 1.82) is 0 Å². The molecule has 0 spiro atoms. The van der Waals surface area contributed by atoms with E-state index in [0.29, 0.717) is 5.54 Å². The molecule has 312 valence electrons. The molecule has 0 aliphatic rings. The summed E-state index contributed by atoms with van der Waals surface area (Å²) in [7, 11) is -19.9. The lowest BCUT2D eigenvalue weighted by Gasteiger charge is -2.69. The van der Waals surface area contributed by atoms with Crippen molar-refractivity contribution in [2.75, 3.05) is 13.2 Å². The lowest BCUT2D eigenvalue weighted by Crippen LogP contribution is -2.89. The summed E-state index contributed by atoms with van der Waals surface area (Å²) < 4.78 is 16.5. The fourth-order valence-corrected chi connectivity index (χ4v) is 220. The van der Waals surface area contributed by atoms with E-state index in [9.17, 15) is 0 Å². The van der Waals surface area contributed by atoms with E-state index in [-0.39, 0.29) is 0 Å². The van der Waals surface area contributed by atoms with Gasteiger partial charge in [-0.2, -0.15) is 0 Å². The van der Waals surface area contributed by atoms with Gasteiger partial charge in [-0.05, 0) is 19.4 Å². The Labute approximate surface area is 344 Å². The van der Waals surface area contributed by atoms with E-state index in [1.807, 2.05) is 0 Å². The molecule has 0 fully saturated rings. The standard InChI is InChI=1S/C38H100O2Si12/c1-31-39-52(40-32-2,51(34(5)6,37(46(19,20)21)47(22,23)24)38(48(25,26)27)49(28,29)30)41-50(33(3)4,35(42(7,8)9)43(10,11)12)36(44(13,14)15)45(16,17)18/h33-38H,31-32H2,1-30H3. The van der Waals surface area contributed by atoms with Gasteiger partial charge in [-0.25, -0.2) is 0 Å². The highest BCUT2D eigenvalue weighted by molar-refractivity contribution is 7.75. The minimum atomic E-state index is -2.89. The summed E-state index contributed by atoms with van der Waals surface area (Å²) in [6.45, 7) is 85.3. The minimum Gasteiger partial charge on any atom is -0.400 e. The maximum atomic E-state index is 8.27. The average Bonchev–Trinajstić information content (AvgIpc) is 2.75. The normalized spacial score (nSPS) is 16.2. The van der Waals surface area contributed by atoms with Crippen LogP contribution < -0.4 is 0 Å². The zero-order chi connectivity index (χ0) is 42.5. The molecule has 2 nitrogen and oxygen atoms in total. The van der Waals surface area contributed by atoms with Gasteiger partial charge in [0.2, 0.25) is 0 Å². The van der Waals surface area contributed by atoms with Crippen molar-refractivity contribution in [2.24, 2.45) is 0 Å². The molecule has 0 saturated heterocycles. The van der Waals surface area contributed by atoms with Crippen LogP contribution in [0.3, 0.4) is 0 Å². The Morgan fingerprint density at radius 2 is 0.558 bits per heavy atom. The first kappa shape index (κ1) is 54.5. The van der Waals surface area contributed by atoms with Gasteiger partial charge in [-0.15, -0.1) is 0 Å². The van der Waals surface area contributed by atoms with Crippen LogP contribution in [-0.2, 0) is 8.85 Å². The quantitative estimate of drug-likeness (QED) is 0.107. The van der Waals surface area contributed by atoms with Gasteiger partial charge < -0.3 is 8.85 Å². The molecule has 52 heavy (non-hydrogen) atoms. The van der Waals surface area contributed by atoms with Crippen LogP contribution in [0.5, 0.6) is 0 Å². The van der Waals surface area contributed by atoms with Crippen molar-refractivity contribution < 1.29 is 8.85 Å². The van der Waals surface area contributed by atoms with Gasteiger partial charge in [0.15, 0.2) is 0 Å². The molecule has 0 rings (SSSR count). The highest BCUT2D eigenvalue weighted by atomic mass is 29.8. The largest absolute Gasteiger partial charge is 0.400 e. The van der Waals surface area contributed by atoms with Crippen molar-refractivity contribution in [1.82, 2.24) is 0 Å². The van der Waals surface area contributed by atoms with Crippen molar-refractivity contribution in [2.45, 2.75) is 229 Å². The SMILES string of the molecule is CCO[Si](OCC)([Si][Si](C(C)C)(C([Si](C)(C)C)[Si](C)(C)C)C([Si](C)(C)C)[Si](C)(C)C)[Si](C(C)C)(C([Si](C)(C)C)[Si](C)(C)C)C([Si](C)(C)C)[Si](C)(C)C. The second-order valence-electron chi connectivity index (χ2n) is 26.4. The second-order valence-corrected chi connectivity index (χ2v) is 99.9. The van der Waals surface area contributed by atoms with E-state index in [1.54, 1.807) is 0 Å². The zero-order valence-electron chi connectivity index (χ0n) is 41.7. The third kappa shape index (κ3) is 11.6. The number of rotatable bonds is 21. The van der Waals surface area contributed by atoms with Gasteiger partial charge in [0.05, 0.1) is 8.55 Å². The van der Waals surface area contributed by atoms with E-state index >= 15 is 0 Å². The van der Waals surface area contributed by atoms with Crippen molar-refractivity contribution in [3.8, 4) is 0 Å². The Hall–Kier alpha value is 2.52. The Balaban J connectivity index is 10.1. The van der Waals surface area contributed by atoms with Crippen molar-refractivity contribution in [3.63, 3.8) is 0 Å². The van der Waals surface area contributed by atoms with E-state index in [0.717, 1.165) is 46.5 Å². The molecule has 0 aromatic carbocycles. The molecule has 0 heterocycles. The molecule has 0 aromatic rings. The maximum Gasteiger partial charge on any atom is 0.287 e. The molecule has 2 radical (unpaired) electrons. The monoisotopic (exact) mass is 924 g/mol. The molecule has 0 aliphatic carbocycles. The predicted octanol–water partition coefficient (Wildman–Crippen LogP) is 14.5. The topological polar surface area (TPSA) is 18.5 Å². The van der Waals surface area contributed by atoms with E-state index in [2.05, 4.69) is 199 Å². The predicted molar refractivity (Wildman–Crippen MR) is 278 cm³/mol. The smallest absolute Gasteiger partial charge is 0.287 e. The maximum absolute atomic E-state index is 8.27. The van der Waals surface area contributed by atoms with E-state index in [1.165, 1.54) is 0 Å². The minimum absolute atomic E-state index is 0.671. The van der Waals surface area contributed by atoms with Crippen LogP contribution in [0, 0.1) is 0 Å². The van der Waals surface area contributed by atoms with Crippen LogP contribution in [0.15, 0.2) is 0 Å². The molecule has 0 bridgehead atoms. The van der Waals surface area contributed by atoms with Crippen molar-refractivity contribution >= 4 is 95.9 Å². The first-order valence-corrected chi connectivity index (χ1v) is 60.4. The van der Waals surface area contributed by atoms with Crippen LogP contribution in [-0.4, -0.2) is 109 Å². The summed E-state index contributed by atoms with van der Waals surface area (Å²) in [5.74, 6) is 0. The van der Waals surface area contributed by atoms with Crippen LogP contribution in [0.4, 0.5) is 0 Å². The van der Waals surface area contributed by atoms with Gasteiger partial charge in [0.1, 0.15) is 7.59 Å². The lowest BCUT2D eigenvalue weighted by molar-refractivity contribution is 0.217. The molecule has 0 unspecified atom stereocenters. The Morgan fingerprint density at radius 3 is 0.692 bits per heavy atom. The van der Waals surface area contributed by atoms with Gasteiger partial charge in [-0.1, -0.05) is 210 Å². The molecule has 0 aromatic heterocycles. The fraction of sp³-hybridized carbons (Fsp3) is 1.00. The summed E-state index contributed by atoms with van der Waals surface area (Å²) in [6, 6.07) is 0. The van der Waals surface area contributed by atoms with Crippen LogP contribution >= 0.6 is 0 Å². The third-order valence-corrected chi connectivity index (χ3v) is 126. The Morgan fingerprint density at radius 1 is 0.346 bits per heavy atom. The Bertz CT molecular complexity index is 993. The molecule has 0 saturated carbocycles. The highest BCUT2D eigenvalue weighted by Crippen LogP contribution is 2.63. The average molecular weight is 926 g/mol. The lowest BCUT2D eigenvalue weighted by atomic mass is 10.6. The first-order chi connectivity index (χ1) is 22.4. The molecule has 0 aliphatic heterocycles. The molecule has 0 amide bonds. The molecular weight excluding hydrogens is 825 g/mol. The summed E-state index contributed by atoms with van der Waals surface area (Å²) in [6.07, 6.45) is 0. The van der Waals surface area contributed by atoms with Gasteiger partial charge in [0.25, 0.3) is 7.60 Å². The third-order valence-electron chi connectivity index (χ3n) is 12.4. The summed E-state index contributed by atoms with van der Waals surface area (Å²) >= 11 is 0. The summed E-state index contributed by atoms with van der Waals surface area (Å²) in [5, 5.41) is 0. The highest BCUT2D eigenvalue weighted by Gasteiger charge is 2.77. The summed E-state index contributed by atoms with van der Waals surface area (Å²) in [5.41, 5.74) is 1.42. The first-order valence-electron chi connectivity index (χ1n) is 21.5. The van der Waals surface area contributed by atoms with Gasteiger partial charge >= 0.3 is 0 Å². The number of hydrogen-bond donors (Lipinski definition) is 0. The molecule has 0 N–H and O–H groups in total. The molecule has 0 atom stereocenters. The van der Waals surface area contributed by atoms with E-state index < -0.39 is 87.4 Å². The fourth-order valence-electron chi connectivity index (χ4n) is 14.8. The summed E-state index contributed by atoms with van der Waals surface area (Å²) in [4.78, 5) is 3.66. The van der Waals surface area contributed by atoms with E-state index in [4.69, 9.17) is 8.85 Å². The van der Waals surface area contributed by atoms with Gasteiger partial charge in [0, 0.05) is 85.4 Å². The second kappa shape index (κ2) is 17.6. The van der Waals surface area contributed by atoms with Crippen LogP contribution in [0.2, 0.25) is 187 Å². The molecule has 14 heteroatoms. The van der Waals surface area contributed by atoms with Gasteiger partial charge in [-0.3, -0.25) is 0 Å². The zero-order valence-corrected chi connectivity index (χ0v) is 53.7. The Kier molecular flexibility index (Phi) is 18.5. The number of hydrogen-bond acceptors (Lipinski definition) is 2.